The van der Waals surface area contributed by atoms with E-state index in [1.807, 2.05) is 65.8 Å². The molecule has 6 heterocycles. The molecule has 9 rings (SSSR count). The zero-order valence-electron chi connectivity index (χ0n) is 63.6. The van der Waals surface area contributed by atoms with Crippen molar-refractivity contribution in [3.05, 3.63) is 230 Å². The van der Waals surface area contributed by atoms with Gasteiger partial charge in [0.1, 0.15) is 58.7 Å². The summed E-state index contributed by atoms with van der Waals surface area (Å²) in [5.41, 5.74) is 3.56. The third-order valence-electron chi connectivity index (χ3n) is 18.5. The molecule has 1 saturated heterocycles. The van der Waals surface area contributed by atoms with Crippen molar-refractivity contribution < 1.29 is 77.5 Å². The van der Waals surface area contributed by atoms with E-state index in [4.69, 9.17) is 0 Å². The Hall–Kier alpha value is -10.8. The van der Waals surface area contributed by atoms with Gasteiger partial charge in [-0.2, -0.15) is 26.3 Å². The molecule has 8 aromatic rings. The van der Waals surface area contributed by atoms with E-state index in [9.17, 15) is 87.1 Å². The van der Waals surface area contributed by atoms with Gasteiger partial charge in [0.15, 0.2) is 0 Å². The molecule has 3 aromatic carbocycles. The quantitative estimate of drug-likeness (QED) is 0.0407. The van der Waals surface area contributed by atoms with Gasteiger partial charge in [-0.05, 0) is 179 Å². The Kier molecular flexibility index (Phi) is 30.5. The van der Waals surface area contributed by atoms with Gasteiger partial charge in [0.25, 0.3) is 11.1 Å². The van der Waals surface area contributed by atoms with Gasteiger partial charge in [-0.3, -0.25) is 58.1 Å². The van der Waals surface area contributed by atoms with E-state index < -0.39 is 119 Å². The van der Waals surface area contributed by atoms with Gasteiger partial charge in [-0.15, -0.1) is 0 Å². The molecule has 7 atom stereocenters. The Morgan fingerprint density at radius 1 is 0.477 bits per heavy atom. The minimum atomic E-state index is -4.74. The van der Waals surface area contributed by atoms with Crippen LogP contribution in [0.25, 0.3) is 33.4 Å². The van der Waals surface area contributed by atoms with E-state index in [0.717, 1.165) is 62.7 Å². The lowest BCUT2D eigenvalue weighted by Crippen LogP contribution is -2.54. The Morgan fingerprint density at radius 2 is 0.856 bits per heavy atom. The predicted molar refractivity (Wildman–Crippen MR) is 399 cm³/mol. The number of amides is 4. The van der Waals surface area contributed by atoms with E-state index in [1.54, 1.807) is 45.4 Å². The molecule has 1 aliphatic heterocycles. The summed E-state index contributed by atoms with van der Waals surface area (Å²) in [6, 6.07) is 16.7. The number of hydrogen-bond donors (Lipinski definition) is 3. The summed E-state index contributed by atoms with van der Waals surface area (Å²) < 4.78 is 139. The van der Waals surface area contributed by atoms with Gasteiger partial charge in [0.2, 0.25) is 23.6 Å². The van der Waals surface area contributed by atoms with Crippen molar-refractivity contribution in [3.8, 4) is 33.4 Å². The second-order valence-electron chi connectivity index (χ2n) is 29.2. The topological polar surface area (TPSA) is 241 Å². The first-order valence-electron chi connectivity index (χ1n) is 36.2. The average molecular weight is 1550 g/mol. The van der Waals surface area contributed by atoms with Crippen LogP contribution in [0.3, 0.4) is 0 Å². The highest BCUT2D eigenvalue weighted by Gasteiger charge is 2.46. The first kappa shape index (κ1) is 87.4. The highest BCUT2D eigenvalue weighted by molar-refractivity contribution is 5.89. The van der Waals surface area contributed by atoms with E-state index in [-0.39, 0.29) is 107 Å². The SMILES string of the molecule is CC(=O)C[C@H](NC(=O)C(CC(C)C)n1cc(C(F)(F)F)ccc1=O)c1cncc(-c2c(F)cccc2F)c1.CC(=O)C[C@H](NC(=O)C(CC(C)C)n1ccc(C)cc1=O)c1cncc(-c2c(F)cccc2F)c1.CC(=O)C[C@H](NC(=O)[C@@H](CC(C)C)N1CCC(C(F)(F)F)CC1=O)c1cncc(-c2c(C)cccc2C)c1. The van der Waals surface area contributed by atoms with Crippen LogP contribution in [0.1, 0.15) is 183 Å². The summed E-state index contributed by atoms with van der Waals surface area (Å²) in [5, 5.41) is 8.43. The number of alkyl halides is 6. The maximum Gasteiger partial charge on any atom is 0.417 e. The lowest BCUT2D eigenvalue weighted by molar-refractivity contribution is -0.191. The zero-order chi connectivity index (χ0) is 82.1. The molecule has 0 aliphatic carbocycles. The number of Topliss-reactive ketones (excluding diaryl/α,β-unsaturated/α-hetero) is 3. The van der Waals surface area contributed by atoms with Crippen molar-refractivity contribution in [2.45, 2.75) is 183 Å². The van der Waals surface area contributed by atoms with Crippen LogP contribution in [0.2, 0.25) is 0 Å². The number of halogens is 10. The largest absolute Gasteiger partial charge is 0.417 e. The lowest BCUT2D eigenvalue weighted by atomic mass is 9.91. The summed E-state index contributed by atoms with van der Waals surface area (Å²) in [5.74, 6) is -7.98. The Labute approximate surface area is 636 Å². The summed E-state index contributed by atoms with van der Waals surface area (Å²) in [4.78, 5) is 128. The number of carbonyl (C=O) groups is 7. The minimum Gasteiger partial charge on any atom is -0.347 e. The van der Waals surface area contributed by atoms with E-state index in [2.05, 4.69) is 30.9 Å². The predicted octanol–water partition coefficient (Wildman–Crippen LogP) is 16.3. The Bertz CT molecular complexity index is 4730. The Balaban J connectivity index is 0.000000231. The van der Waals surface area contributed by atoms with Crippen LogP contribution in [0.5, 0.6) is 0 Å². The van der Waals surface area contributed by atoms with Crippen LogP contribution < -0.4 is 27.1 Å². The van der Waals surface area contributed by atoms with Crippen molar-refractivity contribution in [2.24, 2.45) is 23.7 Å². The van der Waals surface area contributed by atoms with Gasteiger partial charge < -0.3 is 30.0 Å². The number of pyridine rings is 5. The molecule has 1 aliphatic rings. The molecule has 0 radical (unpaired) electrons. The number of piperidine rings is 1. The molecule has 592 valence electrons. The van der Waals surface area contributed by atoms with Crippen LogP contribution in [0.4, 0.5) is 43.9 Å². The van der Waals surface area contributed by atoms with Crippen molar-refractivity contribution >= 4 is 41.0 Å². The van der Waals surface area contributed by atoms with Crippen LogP contribution in [0, 0.1) is 67.7 Å². The van der Waals surface area contributed by atoms with E-state index in [1.165, 1.54) is 85.4 Å². The van der Waals surface area contributed by atoms with Gasteiger partial charge in [0.05, 0.1) is 40.7 Å². The summed E-state index contributed by atoms with van der Waals surface area (Å²) >= 11 is 0. The normalized spacial score (nSPS) is 14.7. The summed E-state index contributed by atoms with van der Waals surface area (Å²) in [6.45, 7) is 20.9. The maximum absolute atomic E-state index is 14.4. The first-order chi connectivity index (χ1) is 52.1. The smallest absolute Gasteiger partial charge is 0.347 e. The first-order valence-corrected chi connectivity index (χ1v) is 36.2. The molecule has 18 nitrogen and oxygen atoms in total. The average Bonchev–Trinajstić information content (AvgIpc) is 0.818. The van der Waals surface area contributed by atoms with Crippen molar-refractivity contribution in [3.63, 3.8) is 0 Å². The van der Waals surface area contributed by atoms with Crippen molar-refractivity contribution in [2.75, 3.05) is 6.54 Å². The number of rotatable bonds is 27. The number of benzene rings is 3. The second-order valence-corrected chi connectivity index (χ2v) is 29.2. The van der Waals surface area contributed by atoms with Gasteiger partial charge in [0, 0.05) is 111 Å². The number of likely N-dealkylation sites (tertiary alicyclic amines) is 1. The number of carbonyl (C=O) groups excluding carboxylic acids is 7. The van der Waals surface area contributed by atoms with Crippen LogP contribution >= 0.6 is 0 Å². The van der Waals surface area contributed by atoms with Crippen LogP contribution in [-0.4, -0.2) is 88.7 Å². The number of nitrogens with zero attached hydrogens (tertiary/aromatic N) is 6. The highest BCUT2D eigenvalue weighted by Crippen LogP contribution is 2.38. The highest BCUT2D eigenvalue weighted by atomic mass is 19.4. The molecule has 5 aromatic heterocycles. The molecule has 3 unspecified atom stereocenters. The summed E-state index contributed by atoms with van der Waals surface area (Å²) in [7, 11) is 0. The molecule has 3 N–H and O–H groups in total. The fraction of sp³-hybridized carbons (Fsp3) is 0.398. The molecular weight excluding hydrogens is 1460 g/mol. The monoisotopic (exact) mass is 1550 g/mol. The molecule has 1 fully saturated rings. The van der Waals surface area contributed by atoms with Gasteiger partial charge in [-0.25, -0.2) is 17.6 Å². The van der Waals surface area contributed by atoms with Gasteiger partial charge >= 0.3 is 12.4 Å². The number of nitrogens with one attached hydrogen (secondary N) is 3. The molecule has 111 heavy (non-hydrogen) atoms. The molecule has 0 spiro atoms. The molecule has 0 bridgehead atoms. The zero-order valence-corrected chi connectivity index (χ0v) is 63.6. The maximum atomic E-state index is 14.4. The third kappa shape index (κ3) is 24.3. The Morgan fingerprint density at radius 3 is 1.23 bits per heavy atom. The second kappa shape index (κ2) is 38.7. The number of aryl methyl sites for hydroxylation is 3. The number of aromatic nitrogens is 5. The van der Waals surface area contributed by atoms with Crippen LogP contribution in [-0.2, 0) is 39.7 Å². The van der Waals surface area contributed by atoms with Crippen molar-refractivity contribution in [1.82, 2.24) is 44.9 Å². The summed E-state index contributed by atoms with van der Waals surface area (Å²) in [6.07, 6.45) is 1.20. The fourth-order valence-corrected chi connectivity index (χ4v) is 13.2. The van der Waals surface area contributed by atoms with E-state index >= 15 is 0 Å². The van der Waals surface area contributed by atoms with Crippen molar-refractivity contribution in [1.29, 1.82) is 0 Å². The molecule has 0 saturated carbocycles. The van der Waals surface area contributed by atoms with Crippen LogP contribution in [0.15, 0.2) is 156 Å². The standard InChI is InChI=1S/C29H36F3N3O3.C27H26F5N3O3.C27H29F2N3O3/c1-17(2)11-25(35-10-9-23(14-26(35)37)29(30,31)32)28(38)34-24(12-20(5)36)21-13-22(16-33-15-21)27-18(3)7-6-8-19(27)4;1-15(2)9-23(35-14-19(27(30,31)32)7-8-24(35)37)26(38)34-22(10-16(3)36)17-11-18(13-33-12-17)25-20(28)5-4-6-21(25)29;1-16(2)10-24(32-9-8-17(3)11-25(32)34)27(35)31-23(12-18(4)33)19-13-20(15-30-14-19)26-21(28)6-5-7-22(26)29/h6-8,13,15-17,23-25H,9-12,14H2,1-5H3,(H,34,38);4-8,11-15,22-23H,9-10H2,1-3H3,(H,34,38);5-9,11,13-16,23-24H,10,12H2,1-4H3,(H,31,35)/t23?,24-,25+;22-,23?;23-,24?/m000/s1. The molecule has 28 heteroatoms. The fourth-order valence-electron chi connectivity index (χ4n) is 13.2. The van der Waals surface area contributed by atoms with E-state index in [0.29, 0.717) is 36.2 Å². The number of hydrogen-bond acceptors (Lipinski definition) is 12. The molecular formula is C83H91F10N9O9. The molecule has 4 amide bonds. The van der Waals surface area contributed by atoms with Gasteiger partial charge in [-0.1, -0.05) is 71.9 Å². The number of ketones is 3. The minimum absolute atomic E-state index is 0.0131. The lowest BCUT2D eigenvalue weighted by Gasteiger charge is -2.38. The third-order valence-corrected chi connectivity index (χ3v) is 18.5.